The number of likely N-dealkylation sites (tertiary alicyclic amines) is 1. The van der Waals surface area contributed by atoms with Gasteiger partial charge in [-0.05, 0) is 25.7 Å². The summed E-state index contributed by atoms with van der Waals surface area (Å²) in [5.74, 6) is 0.229. The number of carbonyl (C=O) groups is 1. The van der Waals surface area contributed by atoms with Crippen molar-refractivity contribution in [1.82, 2.24) is 15.2 Å². The number of nitrogens with zero attached hydrogens (tertiary/aromatic N) is 2. The third-order valence-electron chi connectivity index (χ3n) is 4.08. The van der Waals surface area contributed by atoms with Gasteiger partial charge in [0.25, 0.3) is 0 Å². The van der Waals surface area contributed by atoms with Gasteiger partial charge in [-0.1, -0.05) is 13.8 Å². The molecule has 1 aliphatic rings. The van der Waals surface area contributed by atoms with E-state index in [1.165, 1.54) is 0 Å². The molecule has 1 saturated heterocycles. The van der Waals surface area contributed by atoms with Crippen molar-refractivity contribution in [3.63, 3.8) is 0 Å². The van der Waals surface area contributed by atoms with E-state index in [1.807, 2.05) is 26.2 Å². The van der Waals surface area contributed by atoms with Gasteiger partial charge in [-0.2, -0.15) is 0 Å². The van der Waals surface area contributed by atoms with Crippen molar-refractivity contribution in [2.75, 3.05) is 13.1 Å². The van der Waals surface area contributed by atoms with Gasteiger partial charge >= 0.3 is 0 Å². The molecule has 0 bridgehead atoms. The molecule has 0 unspecified atom stereocenters. The molecule has 0 saturated carbocycles. The fourth-order valence-corrected chi connectivity index (χ4v) is 3.59. The van der Waals surface area contributed by atoms with Crippen LogP contribution < -0.4 is 11.1 Å². The van der Waals surface area contributed by atoms with Crippen molar-refractivity contribution in [3.8, 4) is 0 Å². The molecule has 5 nitrogen and oxygen atoms in total. The van der Waals surface area contributed by atoms with E-state index in [9.17, 15) is 9.18 Å². The maximum absolute atomic E-state index is 13.8. The summed E-state index contributed by atoms with van der Waals surface area (Å²) in [7, 11) is 0. The molecule has 130 valence electrons. The van der Waals surface area contributed by atoms with E-state index in [0.29, 0.717) is 38.4 Å². The van der Waals surface area contributed by atoms with Crippen LogP contribution in [0.15, 0.2) is 5.38 Å². The van der Waals surface area contributed by atoms with Gasteiger partial charge in [0.15, 0.2) is 0 Å². The number of hydrogen-bond acceptors (Lipinski definition) is 5. The Kier molecular flexibility index (Phi) is 6.50. The first-order valence-electron chi connectivity index (χ1n) is 8.17. The molecular formula is C16H27FN4OS. The van der Waals surface area contributed by atoms with Crippen molar-refractivity contribution < 1.29 is 9.18 Å². The van der Waals surface area contributed by atoms with Gasteiger partial charge < -0.3 is 11.1 Å². The first-order valence-corrected chi connectivity index (χ1v) is 9.05. The second-order valence-corrected chi connectivity index (χ2v) is 7.82. The summed E-state index contributed by atoms with van der Waals surface area (Å²) < 4.78 is 13.8. The zero-order chi connectivity index (χ0) is 17.0. The highest BCUT2D eigenvalue weighted by Crippen LogP contribution is 2.23. The molecule has 1 aromatic heterocycles. The number of carbonyl (C=O) groups excluding carboxylic acids is 1. The van der Waals surface area contributed by atoms with Crippen LogP contribution in [0.3, 0.4) is 0 Å². The summed E-state index contributed by atoms with van der Waals surface area (Å²) in [4.78, 5) is 18.5. The minimum atomic E-state index is -0.846. The number of amides is 1. The van der Waals surface area contributed by atoms with Crippen molar-refractivity contribution in [2.45, 2.75) is 58.4 Å². The zero-order valence-electron chi connectivity index (χ0n) is 14.1. The first kappa shape index (κ1) is 18.3. The van der Waals surface area contributed by atoms with Crippen LogP contribution in [0.2, 0.25) is 0 Å². The normalized spacial score (nSPS) is 23.4. The molecule has 3 atom stereocenters. The summed E-state index contributed by atoms with van der Waals surface area (Å²) >= 11 is 1.60. The topological polar surface area (TPSA) is 71.2 Å². The summed E-state index contributed by atoms with van der Waals surface area (Å²) in [5, 5.41) is 5.90. The van der Waals surface area contributed by atoms with Crippen LogP contribution in [0.5, 0.6) is 0 Å². The smallest absolute Gasteiger partial charge is 0.236 e. The lowest BCUT2D eigenvalue weighted by atomic mass is 10.0. The maximum Gasteiger partial charge on any atom is 0.236 e. The second-order valence-electron chi connectivity index (χ2n) is 6.76. The lowest BCUT2D eigenvalue weighted by Gasteiger charge is -2.24. The number of rotatable bonds is 7. The molecule has 0 spiro atoms. The quantitative estimate of drug-likeness (QED) is 0.793. The van der Waals surface area contributed by atoms with Gasteiger partial charge in [0.1, 0.15) is 6.17 Å². The number of alkyl halides is 1. The Labute approximate surface area is 141 Å². The van der Waals surface area contributed by atoms with E-state index in [2.05, 4.69) is 15.2 Å². The van der Waals surface area contributed by atoms with Crippen molar-refractivity contribution in [3.05, 3.63) is 16.1 Å². The Morgan fingerprint density at radius 2 is 2.35 bits per heavy atom. The Morgan fingerprint density at radius 3 is 2.96 bits per heavy atom. The number of halogens is 1. The van der Waals surface area contributed by atoms with E-state index < -0.39 is 12.2 Å². The van der Waals surface area contributed by atoms with Crippen LogP contribution in [0.25, 0.3) is 0 Å². The van der Waals surface area contributed by atoms with Crippen molar-refractivity contribution in [1.29, 1.82) is 0 Å². The fourth-order valence-electron chi connectivity index (χ4n) is 2.98. The number of aryl methyl sites for hydroxylation is 1. The molecule has 1 fully saturated rings. The highest BCUT2D eigenvalue weighted by Gasteiger charge is 2.32. The summed E-state index contributed by atoms with van der Waals surface area (Å²) in [6, 6.07) is -0.491. The van der Waals surface area contributed by atoms with E-state index >= 15 is 0 Å². The highest BCUT2D eigenvalue weighted by atomic mass is 32.1. The molecule has 2 heterocycles. The second kappa shape index (κ2) is 8.17. The molecule has 0 radical (unpaired) electrons. The largest absolute Gasteiger partial charge is 0.353 e. The fraction of sp³-hybridized carbons (Fsp3) is 0.750. The molecule has 1 amide bonds. The number of aromatic nitrogens is 1. The van der Waals surface area contributed by atoms with Gasteiger partial charge in [-0.3, -0.25) is 9.69 Å². The minimum absolute atomic E-state index is 0.00204. The minimum Gasteiger partial charge on any atom is -0.353 e. The molecule has 0 aromatic carbocycles. The predicted octanol–water partition coefficient (Wildman–Crippen LogP) is 1.85. The predicted molar refractivity (Wildman–Crippen MR) is 91.0 cm³/mol. The monoisotopic (exact) mass is 342 g/mol. The number of nitrogens with two attached hydrogens (primary N) is 1. The van der Waals surface area contributed by atoms with E-state index in [4.69, 9.17) is 5.73 Å². The number of thiazole rings is 1. The summed E-state index contributed by atoms with van der Waals surface area (Å²) in [5.41, 5.74) is 6.85. The molecule has 1 aliphatic heterocycles. The molecule has 7 heteroatoms. The molecule has 2 rings (SSSR count). The zero-order valence-corrected chi connectivity index (χ0v) is 14.9. The van der Waals surface area contributed by atoms with Gasteiger partial charge in [-0.25, -0.2) is 9.37 Å². The number of nitrogens with one attached hydrogen (secondary N) is 1. The van der Waals surface area contributed by atoms with Crippen molar-refractivity contribution in [2.24, 2.45) is 11.7 Å². The van der Waals surface area contributed by atoms with E-state index in [-0.39, 0.29) is 11.9 Å². The van der Waals surface area contributed by atoms with E-state index in [1.54, 1.807) is 11.3 Å². The van der Waals surface area contributed by atoms with E-state index in [0.717, 1.165) is 10.7 Å². The summed E-state index contributed by atoms with van der Waals surface area (Å²) in [6.07, 6.45) is 0.258. The van der Waals surface area contributed by atoms with Crippen LogP contribution in [-0.2, 0) is 11.3 Å². The highest BCUT2D eigenvalue weighted by molar-refractivity contribution is 7.09. The maximum atomic E-state index is 13.8. The van der Waals surface area contributed by atoms with Crippen LogP contribution in [0.1, 0.15) is 37.4 Å². The van der Waals surface area contributed by atoms with Gasteiger partial charge in [-0.15, -0.1) is 11.3 Å². The van der Waals surface area contributed by atoms with Crippen LogP contribution in [-0.4, -0.2) is 47.1 Å². The van der Waals surface area contributed by atoms with Gasteiger partial charge in [0.2, 0.25) is 5.91 Å². The Hall–Kier alpha value is -1.05. The molecule has 0 aliphatic carbocycles. The average molecular weight is 342 g/mol. The van der Waals surface area contributed by atoms with Crippen LogP contribution in [0, 0.1) is 12.8 Å². The summed E-state index contributed by atoms with van der Waals surface area (Å²) in [6.45, 7) is 7.50. The average Bonchev–Trinajstić information content (AvgIpc) is 3.01. The molecule has 1 aromatic rings. The lowest BCUT2D eigenvalue weighted by molar-refractivity contribution is -0.122. The van der Waals surface area contributed by atoms with Crippen LogP contribution in [0.4, 0.5) is 4.39 Å². The molecule has 3 N–H and O–H groups in total. The third-order valence-corrected chi connectivity index (χ3v) is 4.90. The Balaban J connectivity index is 1.85. The first-order chi connectivity index (χ1) is 10.8. The standard InChI is InChI=1S/C16H27FN4OS/c1-10(2)4-15(18)16(22)19-6-14-5-12(17)7-21(14)8-13-9-23-11(3)20-13/h9-10,12,14-15H,4-8,18H2,1-3H3,(H,19,22)/t12-,14-,15-/m0/s1. The Bertz CT molecular complexity index is 522. The van der Waals surface area contributed by atoms with Crippen molar-refractivity contribution >= 4 is 17.2 Å². The lowest BCUT2D eigenvalue weighted by Crippen LogP contribution is -2.46. The molecule has 23 heavy (non-hydrogen) atoms. The molecular weight excluding hydrogens is 315 g/mol. The third kappa shape index (κ3) is 5.51. The Morgan fingerprint density at radius 1 is 1.61 bits per heavy atom. The van der Waals surface area contributed by atoms with Gasteiger partial charge in [0, 0.05) is 31.1 Å². The number of hydrogen-bond donors (Lipinski definition) is 2. The van der Waals surface area contributed by atoms with Gasteiger partial charge in [0.05, 0.1) is 16.7 Å². The van der Waals surface area contributed by atoms with Crippen LogP contribution >= 0.6 is 11.3 Å². The SMILES string of the molecule is Cc1nc(CN2C[C@@H](F)C[C@H]2CNC(=O)[C@@H](N)CC(C)C)cs1.